The monoisotopic (exact) mass is 352 g/mol. The van der Waals surface area contributed by atoms with Gasteiger partial charge in [0.05, 0.1) is 11.6 Å². The molecule has 0 amide bonds. The Labute approximate surface area is 150 Å². The molecule has 1 heterocycles. The van der Waals surface area contributed by atoms with E-state index in [1.165, 1.54) is 23.4 Å². The van der Waals surface area contributed by atoms with E-state index in [4.69, 9.17) is 0 Å². The lowest BCUT2D eigenvalue weighted by Crippen LogP contribution is -2.06. The van der Waals surface area contributed by atoms with E-state index in [0.717, 1.165) is 5.56 Å². The predicted octanol–water partition coefficient (Wildman–Crippen LogP) is 4.16. The number of rotatable bonds is 5. The van der Waals surface area contributed by atoms with Crippen LogP contribution in [0.4, 0.5) is 4.39 Å². The summed E-state index contributed by atoms with van der Waals surface area (Å²) in [5.41, 5.74) is 2.69. The summed E-state index contributed by atoms with van der Waals surface area (Å²) in [6.45, 7) is 2.03. The summed E-state index contributed by atoms with van der Waals surface area (Å²) in [5.74, 6) is 0.110. The number of nitriles is 1. The molecule has 0 saturated heterocycles. The van der Waals surface area contributed by atoms with Gasteiger partial charge in [0.15, 0.2) is 11.0 Å². The highest BCUT2D eigenvalue weighted by Gasteiger charge is 2.18. The second-order valence-electron chi connectivity index (χ2n) is 5.77. The van der Waals surface area contributed by atoms with Gasteiger partial charge in [-0.2, -0.15) is 5.26 Å². The summed E-state index contributed by atoms with van der Waals surface area (Å²) in [6.07, 6.45) is 0.614. The van der Waals surface area contributed by atoms with Gasteiger partial charge in [-0.25, -0.2) is 4.39 Å². The minimum absolute atomic E-state index is 0.293. The molecule has 6 heteroatoms. The summed E-state index contributed by atoms with van der Waals surface area (Å²) in [4.78, 5) is 0. The molecule has 1 atom stereocenters. The lowest BCUT2D eigenvalue weighted by Gasteiger charge is -2.09. The van der Waals surface area contributed by atoms with E-state index in [1.54, 1.807) is 29.8 Å². The SMILES string of the molecule is Cc1ccc(C[C@H](C#N)Sc2nnc(-c3ccccc3F)n2C)cc1. The highest BCUT2D eigenvalue weighted by molar-refractivity contribution is 8.00. The molecular formula is C19H17FN4S. The minimum Gasteiger partial charge on any atom is -0.305 e. The molecular weight excluding hydrogens is 335 g/mol. The van der Waals surface area contributed by atoms with Crippen LogP contribution in [0.2, 0.25) is 0 Å². The van der Waals surface area contributed by atoms with Crippen molar-refractivity contribution in [1.29, 1.82) is 5.26 Å². The zero-order valence-corrected chi connectivity index (χ0v) is 14.8. The lowest BCUT2D eigenvalue weighted by molar-refractivity contribution is 0.628. The van der Waals surface area contributed by atoms with Gasteiger partial charge in [0.1, 0.15) is 11.1 Å². The molecule has 0 bridgehead atoms. The second kappa shape index (κ2) is 7.49. The zero-order valence-electron chi connectivity index (χ0n) is 14.0. The Bertz CT molecular complexity index is 912. The van der Waals surface area contributed by atoms with E-state index in [0.29, 0.717) is 23.0 Å². The third kappa shape index (κ3) is 3.89. The molecule has 0 unspecified atom stereocenters. The zero-order chi connectivity index (χ0) is 17.8. The van der Waals surface area contributed by atoms with E-state index in [2.05, 4.69) is 16.3 Å². The van der Waals surface area contributed by atoms with Crippen LogP contribution in [-0.4, -0.2) is 20.0 Å². The molecule has 0 aliphatic carbocycles. The number of nitrogens with zero attached hydrogens (tertiary/aromatic N) is 4. The van der Waals surface area contributed by atoms with Crippen LogP contribution in [0.1, 0.15) is 11.1 Å². The molecule has 0 fully saturated rings. The summed E-state index contributed by atoms with van der Waals surface area (Å²) in [7, 11) is 1.78. The average molecular weight is 352 g/mol. The van der Waals surface area contributed by atoms with Gasteiger partial charge >= 0.3 is 0 Å². The van der Waals surface area contributed by atoms with Gasteiger partial charge in [0.2, 0.25) is 0 Å². The maximum Gasteiger partial charge on any atom is 0.192 e. The van der Waals surface area contributed by atoms with Crippen molar-refractivity contribution < 1.29 is 4.39 Å². The molecule has 0 radical (unpaired) electrons. The van der Waals surface area contributed by atoms with Crippen molar-refractivity contribution in [3.63, 3.8) is 0 Å². The Kier molecular flexibility index (Phi) is 5.15. The van der Waals surface area contributed by atoms with Crippen LogP contribution in [0.3, 0.4) is 0 Å². The summed E-state index contributed by atoms with van der Waals surface area (Å²) < 4.78 is 15.7. The van der Waals surface area contributed by atoms with Gasteiger partial charge in [0.25, 0.3) is 0 Å². The van der Waals surface area contributed by atoms with Crippen LogP contribution in [0, 0.1) is 24.1 Å². The highest BCUT2D eigenvalue weighted by atomic mass is 32.2. The maximum atomic E-state index is 14.0. The molecule has 1 aromatic heterocycles. The molecule has 2 aromatic carbocycles. The van der Waals surface area contributed by atoms with Gasteiger partial charge < -0.3 is 4.57 Å². The molecule has 0 saturated carbocycles. The van der Waals surface area contributed by atoms with Crippen LogP contribution >= 0.6 is 11.8 Å². The molecule has 0 aliphatic heterocycles. The number of hydrogen-bond acceptors (Lipinski definition) is 4. The van der Waals surface area contributed by atoms with Gasteiger partial charge in [-0.05, 0) is 31.0 Å². The summed E-state index contributed by atoms with van der Waals surface area (Å²) in [5, 5.41) is 18.0. The topological polar surface area (TPSA) is 54.5 Å². The first kappa shape index (κ1) is 17.2. The van der Waals surface area contributed by atoms with Crippen molar-refractivity contribution in [2.24, 2.45) is 7.05 Å². The van der Waals surface area contributed by atoms with E-state index in [1.807, 2.05) is 31.2 Å². The Hall–Kier alpha value is -2.65. The van der Waals surface area contributed by atoms with Gasteiger partial charge in [-0.1, -0.05) is 53.7 Å². The van der Waals surface area contributed by atoms with Gasteiger partial charge in [-0.3, -0.25) is 0 Å². The Morgan fingerprint density at radius 2 is 1.88 bits per heavy atom. The predicted molar refractivity (Wildman–Crippen MR) is 96.5 cm³/mol. The summed E-state index contributed by atoms with van der Waals surface area (Å²) in [6, 6.07) is 16.9. The van der Waals surface area contributed by atoms with Gasteiger partial charge in [0, 0.05) is 7.05 Å². The van der Waals surface area contributed by atoms with E-state index < -0.39 is 0 Å². The van der Waals surface area contributed by atoms with Crippen molar-refractivity contribution in [3.8, 4) is 17.5 Å². The van der Waals surface area contributed by atoms with Crippen molar-refractivity contribution in [3.05, 3.63) is 65.5 Å². The third-order valence-corrected chi connectivity index (χ3v) is 5.01. The first-order valence-electron chi connectivity index (χ1n) is 7.84. The minimum atomic E-state index is -0.342. The molecule has 0 spiro atoms. The summed E-state index contributed by atoms with van der Waals surface area (Å²) >= 11 is 1.34. The Morgan fingerprint density at radius 1 is 1.16 bits per heavy atom. The van der Waals surface area contributed by atoms with Crippen molar-refractivity contribution in [2.75, 3.05) is 0 Å². The Morgan fingerprint density at radius 3 is 2.56 bits per heavy atom. The fraction of sp³-hybridized carbons (Fsp3) is 0.211. The fourth-order valence-corrected chi connectivity index (χ4v) is 3.39. The first-order valence-corrected chi connectivity index (χ1v) is 8.72. The molecule has 0 aliphatic rings. The number of halogens is 1. The van der Waals surface area contributed by atoms with E-state index in [-0.39, 0.29) is 11.1 Å². The smallest absolute Gasteiger partial charge is 0.192 e. The third-order valence-electron chi connectivity index (χ3n) is 3.88. The fourth-order valence-electron chi connectivity index (χ4n) is 2.47. The maximum absolute atomic E-state index is 14.0. The number of aryl methyl sites for hydroxylation is 1. The number of aromatic nitrogens is 3. The van der Waals surface area contributed by atoms with Crippen LogP contribution in [-0.2, 0) is 13.5 Å². The first-order chi connectivity index (χ1) is 12.1. The van der Waals surface area contributed by atoms with Crippen LogP contribution in [0.25, 0.3) is 11.4 Å². The number of thioether (sulfide) groups is 1. The molecule has 3 aromatic rings. The van der Waals surface area contributed by atoms with Gasteiger partial charge in [-0.15, -0.1) is 10.2 Å². The van der Waals surface area contributed by atoms with Crippen molar-refractivity contribution in [1.82, 2.24) is 14.8 Å². The molecule has 0 N–H and O–H groups in total. The number of hydrogen-bond donors (Lipinski definition) is 0. The standard InChI is InChI=1S/C19H17FN4S/c1-13-7-9-14(10-8-13)11-15(12-21)25-19-23-22-18(24(19)2)16-5-3-4-6-17(16)20/h3-10,15H,11H2,1-2H3/t15-/m1/s1. The van der Waals surface area contributed by atoms with Crippen LogP contribution < -0.4 is 0 Å². The van der Waals surface area contributed by atoms with Crippen LogP contribution in [0.5, 0.6) is 0 Å². The molecule has 126 valence electrons. The molecule has 3 rings (SSSR count). The molecule has 4 nitrogen and oxygen atoms in total. The van der Waals surface area contributed by atoms with Crippen molar-refractivity contribution >= 4 is 11.8 Å². The Balaban J connectivity index is 1.79. The van der Waals surface area contributed by atoms with E-state index >= 15 is 0 Å². The highest BCUT2D eigenvalue weighted by Crippen LogP contribution is 2.28. The largest absolute Gasteiger partial charge is 0.305 e. The number of benzene rings is 2. The van der Waals surface area contributed by atoms with E-state index in [9.17, 15) is 9.65 Å². The molecule has 25 heavy (non-hydrogen) atoms. The normalized spacial score (nSPS) is 11.9. The van der Waals surface area contributed by atoms with Crippen LogP contribution in [0.15, 0.2) is 53.7 Å². The quantitative estimate of drug-likeness (QED) is 0.647. The second-order valence-corrected chi connectivity index (χ2v) is 6.94. The lowest BCUT2D eigenvalue weighted by atomic mass is 10.1. The van der Waals surface area contributed by atoms with Crippen molar-refractivity contribution in [2.45, 2.75) is 23.8 Å². The average Bonchev–Trinajstić information content (AvgIpc) is 2.97.